The molecule has 90 valence electrons. The summed E-state index contributed by atoms with van der Waals surface area (Å²) in [6, 6.07) is 7.33. The smallest absolute Gasteiger partial charge is 0.273 e. The van der Waals surface area contributed by atoms with Crippen LogP contribution in [0.1, 0.15) is 5.69 Å². The van der Waals surface area contributed by atoms with Gasteiger partial charge in [0.1, 0.15) is 5.69 Å². The average Bonchev–Trinajstić information content (AvgIpc) is 2.73. The van der Waals surface area contributed by atoms with E-state index in [0.29, 0.717) is 16.5 Å². The molecule has 0 saturated heterocycles. The monoisotopic (exact) mass is 260 g/mol. The molecule has 0 unspecified atom stereocenters. The Kier molecular flexibility index (Phi) is 2.41. The minimum Gasteiger partial charge on any atom is -0.289 e. The summed E-state index contributed by atoms with van der Waals surface area (Å²) in [6.45, 7) is 1.65. The Balaban J connectivity index is 2.19. The topological polar surface area (TPSA) is 63.1 Å². The molecular formula is C12H9ClN4O. The molecule has 0 fully saturated rings. The molecule has 1 aromatic carbocycles. The molecule has 0 spiro atoms. The molecule has 18 heavy (non-hydrogen) atoms. The van der Waals surface area contributed by atoms with E-state index in [4.69, 9.17) is 11.6 Å². The highest BCUT2D eigenvalue weighted by molar-refractivity contribution is 6.30. The minimum atomic E-state index is -0.226. The summed E-state index contributed by atoms with van der Waals surface area (Å²) in [7, 11) is 0. The lowest BCUT2D eigenvalue weighted by molar-refractivity contribution is 0.850. The molecule has 0 aliphatic rings. The number of aryl methyl sites for hydroxylation is 1. The van der Waals surface area contributed by atoms with Gasteiger partial charge in [0.05, 0.1) is 11.9 Å². The lowest BCUT2D eigenvalue weighted by Gasteiger charge is -1.94. The summed E-state index contributed by atoms with van der Waals surface area (Å²) in [5.74, 6) is 0.426. The first kappa shape index (κ1) is 11.0. The van der Waals surface area contributed by atoms with E-state index >= 15 is 0 Å². The van der Waals surface area contributed by atoms with Crippen molar-refractivity contribution in [3.05, 3.63) is 51.5 Å². The van der Waals surface area contributed by atoms with Gasteiger partial charge in [-0.25, -0.2) is 9.50 Å². The van der Waals surface area contributed by atoms with Gasteiger partial charge < -0.3 is 0 Å². The molecule has 0 radical (unpaired) electrons. The van der Waals surface area contributed by atoms with Gasteiger partial charge in [-0.15, -0.1) is 0 Å². The van der Waals surface area contributed by atoms with Crippen LogP contribution in [0.15, 0.2) is 35.3 Å². The second kappa shape index (κ2) is 3.96. The van der Waals surface area contributed by atoms with Crippen molar-refractivity contribution in [3.8, 4) is 11.3 Å². The van der Waals surface area contributed by atoms with Crippen LogP contribution in [-0.4, -0.2) is 19.6 Å². The van der Waals surface area contributed by atoms with Gasteiger partial charge in [-0.2, -0.15) is 5.10 Å². The highest BCUT2D eigenvalue weighted by Gasteiger charge is 2.07. The maximum Gasteiger partial charge on any atom is 0.273 e. The highest BCUT2D eigenvalue weighted by Crippen LogP contribution is 2.20. The molecule has 0 atom stereocenters. The van der Waals surface area contributed by atoms with Gasteiger partial charge in [0.15, 0.2) is 0 Å². The van der Waals surface area contributed by atoms with Gasteiger partial charge in [-0.05, 0) is 19.1 Å². The van der Waals surface area contributed by atoms with E-state index < -0.39 is 0 Å². The molecule has 6 heteroatoms. The molecular weight excluding hydrogens is 252 g/mol. The number of aromatic amines is 1. The van der Waals surface area contributed by atoms with Gasteiger partial charge in [-0.1, -0.05) is 23.7 Å². The zero-order chi connectivity index (χ0) is 12.7. The fourth-order valence-corrected chi connectivity index (χ4v) is 1.82. The predicted molar refractivity (Wildman–Crippen MR) is 68.8 cm³/mol. The first-order chi connectivity index (χ1) is 8.63. The molecule has 5 nitrogen and oxygen atoms in total. The van der Waals surface area contributed by atoms with Gasteiger partial charge >= 0.3 is 0 Å². The molecule has 0 saturated carbocycles. The van der Waals surface area contributed by atoms with Crippen molar-refractivity contribution < 1.29 is 0 Å². The maximum absolute atomic E-state index is 11.4. The summed E-state index contributed by atoms with van der Waals surface area (Å²) >= 11 is 5.83. The number of fused-ring (bicyclic) bond motifs is 1. The van der Waals surface area contributed by atoms with Crippen LogP contribution in [0.2, 0.25) is 5.02 Å². The molecule has 0 aliphatic heterocycles. The van der Waals surface area contributed by atoms with Crippen molar-refractivity contribution >= 4 is 17.4 Å². The Labute approximate surface area is 107 Å². The Hall–Kier alpha value is -2.14. The van der Waals surface area contributed by atoms with E-state index in [2.05, 4.69) is 15.1 Å². The van der Waals surface area contributed by atoms with E-state index in [1.165, 1.54) is 0 Å². The number of hydrogen-bond donors (Lipinski definition) is 1. The van der Waals surface area contributed by atoms with Crippen molar-refractivity contribution in [2.24, 2.45) is 0 Å². The summed E-state index contributed by atoms with van der Waals surface area (Å²) in [6.07, 6.45) is 1.77. The third-order valence-corrected chi connectivity index (χ3v) is 2.89. The zero-order valence-electron chi connectivity index (χ0n) is 9.51. The Morgan fingerprint density at radius 3 is 2.72 bits per heavy atom. The summed E-state index contributed by atoms with van der Waals surface area (Å²) in [5, 5.41) is 4.79. The van der Waals surface area contributed by atoms with Crippen molar-refractivity contribution in [2.45, 2.75) is 6.92 Å². The van der Waals surface area contributed by atoms with Crippen molar-refractivity contribution in [1.82, 2.24) is 19.6 Å². The summed E-state index contributed by atoms with van der Waals surface area (Å²) in [5.41, 5.74) is 1.84. The van der Waals surface area contributed by atoms with Crippen molar-refractivity contribution in [2.75, 3.05) is 0 Å². The van der Waals surface area contributed by atoms with Gasteiger partial charge in [0.25, 0.3) is 5.56 Å². The van der Waals surface area contributed by atoms with Crippen LogP contribution in [0.25, 0.3) is 17.0 Å². The van der Waals surface area contributed by atoms with Crippen LogP contribution in [0.4, 0.5) is 0 Å². The van der Waals surface area contributed by atoms with Gasteiger partial charge in [-0.3, -0.25) is 9.78 Å². The fourth-order valence-electron chi connectivity index (χ4n) is 1.69. The van der Waals surface area contributed by atoms with E-state index in [1.54, 1.807) is 29.8 Å². The number of H-pyrrole nitrogens is 1. The number of aromatic nitrogens is 4. The average molecular weight is 261 g/mol. The standard InChI is InChI=1S/C12H9ClN4O/c1-7-11(18)15-12-14-10(6-17(12)16-7)8-2-4-9(13)5-3-8/h2-6H,1H3,(H,14,15,18). The van der Waals surface area contributed by atoms with Crippen LogP contribution in [-0.2, 0) is 0 Å². The SMILES string of the molecule is Cc1nn2cc(-c3ccc(Cl)cc3)nc2[nH]c1=O. The Morgan fingerprint density at radius 1 is 1.28 bits per heavy atom. The van der Waals surface area contributed by atoms with E-state index in [1.807, 2.05) is 12.1 Å². The molecule has 3 rings (SSSR count). The molecule has 0 bridgehead atoms. The Bertz CT molecular complexity index is 773. The molecule has 3 aromatic rings. The van der Waals surface area contributed by atoms with Crippen molar-refractivity contribution in [1.29, 1.82) is 0 Å². The number of halogens is 1. The fraction of sp³-hybridized carbons (Fsp3) is 0.0833. The predicted octanol–water partition coefficient (Wildman–Crippen LogP) is 2.05. The van der Waals surface area contributed by atoms with Gasteiger partial charge in [0, 0.05) is 10.6 Å². The second-order valence-electron chi connectivity index (χ2n) is 3.94. The number of benzene rings is 1. The van der Waals surface area contributed by atoms with Gasteiger partial charge in [0.2, 0.25) is 5.78 Å². The molecule has 0 aliphatic carbocycles. The van der Waals surface area contributed by atoms with E-state index in [0.717, 1.165) is 11.3 Å². The molecule has 2 aromatic heterocycles. The molecule has 1 N–H and O–H groups in total. The van der Waals surface area contributed by atoms with Crippen LogP contribution in [0, 0.1) is 6.92 Å². The van der Waals surface area contributed by atoms with Crippen LogP contribution >= 0.6 is 11.6 Å². The van der Waals surface area contributed by atoms with Crippen LogP contribution in [0.5, 0.6) is 0 Å². The largest absolute Gasteiger partial charge is 0.289 e. The summed E-state index contributed by atoms with van der Waals surface area (Å²) in [4.78, 5) is 18.4. The van der Waals surface area contributed by atoms with E-state index in [-0.39, 0.29) is 5.56 Å². The molecule has 2 heterocycles. The zero-order valence-corrected chi connectivity index (χ0v) is 10.3. The first-order valence-electron chi connectivity index (χ1n) is 5.36. The third-order valence-electron chi connectivity index (χ3n) is 2.64. The van der Waals surface area contributed by atoms with Crippen LogP contribution < -0.4 is 5.56 Å². The van der Waals surface area contributed by atoms with Crippen molar-refractivity contribution in [3.63, 3.8) is 0 Å². The quantitative estimate of drug-likeness (QED) is 0.728. The highest BCUT2D eigenvalue weighted by atomic mass is 35.5. The lowest BCUT2D eigenvalue weighted by Crippen LogP contribution is -2.14. The van der Waals surface area contributed by atoms with Crippen LogP contribution in [0.3, 0.4) is 0 Å². The number of nitrogens with one attached hydrogen (secondary N) is 1. The lowest BCUT2D eigenvalue weighted by atomic mass is 10.2. The number of rotatable bonds is 1. The third kappa shape index (κ3) is 1.78. The molecule has 0 amide bonds. The number of hydrogen-bond acceptors (Lipinski definition) is 3. The second-order valence-corrected chi connectivity index (χ2v) is 4.38. The first-order valence-corrected chi connectivity index (χ1v) is 5.73. The summed E-state index contributed by atoms with van der Waals surface area (Å²) < 4.78 is 1.56. The number of imidazole rings is 1. The minimum absolute atomic E-state index is 0.226. The number of nitrogens with zero attached hydrogens (tertiary/aromatic N) is 3. The normalized spacial score (nSPS) is 11.0. The Morgan fingerprint density at radius 2 is 2.00 bits per heavy atom. The van der Waals surface area contributed by atoms with E-state index in [9.17, 15) is 4.79 Å². The maximum atomic E-state index is 11.4.